The highest BCUT2D eigenvalue weighted by Crippen LogP contribution is 2.26. The molecule has 328 valence electrons. The number of ether oxygens (including phenoxy) is 4. The summed E-state index contributed by atoms with van der Waals surface area (Å²) in [6.45, 7) is 3.97. The molecule has 1 aliphatic heterocycles. The van der Waals surface area contributed by atoms with Crippen molar-refractivity contribution in [3.8, 4) is 0 Å². The Morgan fingerprint density at radius 3 is 1.45 bits per heavy atom. The molecule has 0 radical (unpaired) electrons. The number of carbonyl (C=O) groups is 1. The van der Waals surface area contributed by atoms with E-state index in [9.17, 15) is 28.5 Å². The molecule has 0 spiro atoms. The van der Waals surface area contributed by atoms with Gasteiger partial charge in [0, 0.05) is 13.0 Å². The number of rotatable bonds is 39. The highest BCUT2D eigenvalue weighted by atomic mass is 32.3. The first-order valence-electron chi connectivity index (χ1n) is 22.3. The van der Waals surface area contributed by atoms with Crippen LogP contribution in [0.3, 0.4) is 0 Å². The third-order valence-corrected chi connectivity index (χ3v) is 10.9. The molecule has 0 amide bonds. The number of aliphatic hydroxyl groups excluding tert-OH is 3. The van der Waals surface area contributed by atoms with Gasteiger partial charge < -0.3 is 34.3 Å². The topological polar surface area (TPSA) is 178 Å². The summed E-state index contributed by atoms with van der Waals surface area (Å²) in [5.41, 5.74) is 0. The van der Waals surface area contributed by atoms with Crippen LogP contribution in [0.25, 0.3) is 0 Å². The predicted molar refractivity (Wildman–Crippen MR) is 216 cm³/mol. The SMILES string of the molecule is CCCCCCCCCCCCCCCCCCCCCCCC(=O)OC(COCCCCCCCCC)COC1OC(CO)C(O)C(OS(=O)(=O)O)C1O. The monoisotopic (exact) mass is 811 g/mol. The lowest BCUT2D eigenvalue weighted by molar-refractivity contribution is -0.301. The molecule has 0 bridgehead atoms. The number of unbranched alkanes of at least 4 members (excludes halogenated alkanes) is 26. The molecule has 12 nitrogen and oxygen atoms in total. The molecule has 6 atom stereocenters. The first-order valence-corrected chi connectivity index (χ1v) is 23.7. The summed E-state index contributed by atoms with van der Waals surface area (Å²) >= 11 is 0. The molecule has 6 unspecified atom stereocenters. The molecule has 1 heterocycles. The molecule has 1 saturated heterocycles. The minimum Gasteiger partial charge on any atom is -0.457 e. The third-order valence-electron chi connectivity index (χ3n) is 10.5. The van der Waals surface area contributed by atoms with E-state index in [-0.39, 0.29) is 19.6 Å². The zero-order chi connectivity index (χ0) is 40.4. The van der Waals surface area contributed by atoms with Gasteiger partial charge in [-0.3, -0.25) is 9.35 Å². The van der Waals surface area contributed by atoms with Crippen molar-refractivity contribution in [1.82, 2.24) is 0 Å². The van der Waals surface area contributed by atoms with Gasteiger partial charge in [0.05, 0.1) is 19.8 Å². The quantitative estimate of drug-likeness (QED) is 0.0264. The van der Waals surface area contributed by atoms with E-state index in [1.54, 1.807) is 0 Å². The molecular weight excluding hydrogens is 729 g/mol. The van der Waals surface area contributed by atoms with Crippen molar-refractivity contribution in [3.63, 3.8) is 0 Å². The van der Waals surface area contributed by atoms with Gasteiger partial charge in [-0.1, -0.05) is 181 Å². The van der Waals surface area contributed by atoms with E-state index in [0.717, 1.165) is 38.5 Å². The van der Waals surface area contributed by atoms with Crippen LogP contribution in [0.15, 0.2) is 0 Å². The normalized spacial score (nSPS) is 20.9. The molecule has 0 saturated carbocycles. The maximum Gasteiger partial charge on any atom is 0.397 e. The summed E-state index contributed by atoms with van der Waals surface area (Å²) in [6.07, 6.45) is 26.0. The standard InChI is InChI=1S/C42H82O12S/c1-3-5-7-9-11-12-13-14-15-16-17-18-19-20-21-22-23-24-25-27-29-31-38(44)52-36(34-50-32-30-28-26-10-8-6-4-2)35-51-42-40(46)41(54-55(47,48)49)39(45)37(33-43)53-42/h36-37,39-43,45-46H,3-35H2,1-2H3,(H,47,48,49). The number of esters is 1. The summed E-state index contributed by atoms with van der Waals surface area (Å²) in [7, 11) is -5.05. The Morgan fingerprint density at radius 1 is 0.618 bits per heavy atom. The van der Waals surface area contributed by atoms with E-state index in [1.807, 2.05) is 0 Å². The van der Waals surface area contributed by atoms with E-state index >= 15 is 0 Å². The number of aliphatic hydroxyl groups is 3. The molecule has 1 rings (SSSR count). The average Bonchev–Trinajstić information content (AvgIpc) is 3.15. The fourth-order valence-corrected chi connectivity index (χ4v) is 7.59. The fraction of sp³-hybridized carbons (Fsp3) is 0.976. The van der Waals surface area contributed by atoms with Crippen LogP contribution in [0.4, 0.5) is 0 Å². The number of hydrogen-bond donors (Lipinski definition) is 4. The Hall–Kier alpha value is -0.900. The number of carbonyl (C=O) groups excluding carboxylic acids is 1. The zero-order valence-corrected chi connectivity index (χ0v) is 35.6. The van der Waals surface area contributed by atoms with Gasteiger partial charge in [0.2, 0.25) is 0 Å². The lowest BCUT2D eigenvalue weighted by atomic mass is 9.99. The van der Waals surface area contributed by atoms with E-state index in [1.165, 1.54) is 135 Å². The fourth-order valence-electron chi connectivity index (χ4n) is 7.09. The molecule has 13 heteroatoms. The van der Waals surface area contributed by atoms with Crippen molar-refractivity contribution in [3.05, 3.63) is 0 Å². The molecule has 0 aromatic heterocycles. The first kappa shape index (κ1) is 52.1. The third kappa shape index (κ3) is 29.0. The van der Waals surface area contributed by atoms with Crippen molar-refractivity contribution in [2.24, 2.45) is 0 Å². The lowest BCUT2D eigenvalue weighted by Crippen LogP contribution is -2.60. The smallest absolute Gasteiger partial charge is 0.397 e. The summed E-state index contributed by atoms with van der Waals surface area (Å²) < 4.78 is 58.8. The van der Waals surface area contributed by atoms with E-state index in [4.69, 9.17) is 23.5 Å². The molecular formula is C42H82O12S. The van der Waals surface area contributed by atoms with Crippen LogP contribution in [0.1, 0.15) is 200 Å². The van der Waals surface area contributed by atoms with E-state index < -0.39 is 59.8 Å². The Balaban J connectivity index is 2.30. The molecule has 0 aromatic rings. The molecule has 1 aliphatic rings. The van der Waals surface area contributed by atoms with Crippen molar-refractivity contribution >= 4 is 16.4 Å². The van der Waals surface area contributed by atoms with Gasteiger partial charge in [0.25, 0.3) is 0 Å². The number of hydrogen-bond acceptors (Lipinski definition) is 11. The highest BCUT2D eigenvalue weighted by Gasteiger charge is 2.48. The Kier molecular flexibility index (Phi) is 33.2. The Morgan fingerprint density at radius 2 is 1.04 bits per heavy atom. The van der Waals surface area contributed by atoms with Crippen molar-refractivity contribution < 1.29 is 56.2 Å². The lowest BCUT2D eigenvalue weighted by Gasteiger charge is -2.41. The van der Waals surface area contributed by atoms with Crippen LogP contribution in [0.5, 0.6) is 0 Å². The van der Waals surface area contributed by atoms with Crippen LogP contribution in [-0.4, -0.2) is 97.5 Å². The van der Waals surface area contributed by atoms with Gasteiger partial charge in [0.1, 0.15) is 30.5 Å². The van der Waals surface area contributed by atoms with Gasteiger partial charge >= 0.3 is 16.4 Å². The molecule has 55 heavy (non-hydrogen) atoms. The predicted octanol–water partition coefficient (Wildman–Crippen LogP) is 8.91. The highest BCUT2D eigenvalue weighted by molar-refractivity contribution is 7.80. The minimum atomic E-state index is -5.05. The first-order chi connectivity index (χ1) is 26.6. The van der Waals surface area contributed by atoms with Crippen molar-refractivity contribution in [1.29, 1.82) is 0 Å². The zero-order valence-electron chi connectivity index (χ0n) is 34.8. The van der Waals surface area contributed by atoms with E-state index in [0.29, 0.717) is 13.0 Å². The van der Waals surface area contributed by atoms with Gasteiger partial charge in [-0.25, -0.2) is 4.18 Å². The van der Waals surface area contributed by atoms with Crippen LogP contribution in [0, 0.1) is 0 Å². The summed E-state index contributed by atoms with van der Waals surface area (Å²) in [6, 6.07) is 0. The molecule has 0 aliphatic carbocycles. The minimum absolute atomic E-state index is 0.0424. The van der Waals surface area contributed by atoms with Gasteiger partial charge in [0.15, 0.2) is 6.29 Å². The molecule has 1 fully saturated rings. The van der Waals surface area contributed by atoms with Gasteiger partial charge in [-0.15, -0.1) is 0 Å². The Labute approximate surface area is 335 Å². The second-order valence-electron chi connectivity index (χ2n) is 15.7. The maximum absolute atomic E-state index is 12.8. The van der Waals surface area contributed by atoms with Gasteiger partial charge in [-0.05, 0) is 12.8 Å². The molecule has 0 aromatic carbocycles. The van der Waals surface area contributed by atoms with Crippen molar-refractivity contribution in [2.75, 3.05) is 26.4 Å². The van der Waals surface area contributed by atoms with Crippen LogP contribution >= 0.6 is 0 Å². The van der Waals surface area contributed by atoms with Crippen LogP contribution < -0.4 is 0 Å². The summed E-state index contributed by atoms with van der Waals surface area (Å²) in [4.78, 5) is 12.8. The second kappa shape index (κ2) is 35.1. The second-order valence-corrected chi connectivity index (χ2v) is 16.7. The van der Waals surface area contributed by atoms with Gasteiger partial charge in [-0.2, -0.15) is 8.42 Å². The van der Waals surface area contributed by atoms with E-state index in [2.05, 4.69) is 18.0 Å². The van der Waals surface area contributed by atoms with Crippen molar-refractivity contribution in [2.45, 2.75) is 237 Å². The summed E-state index contributed by atoms with van der Waals surface area (Å²) in [5.74, 6) is -0.396. The Bertz CT molecular complexity index is 984. The summed E-state index contributed by atoms with van der Waals surface area (Å²) in [5, 5.41) is 30.5. The van der Waals surface area contributed by atoms with Crippen LogP contribution in [-0.2, 0) is 38.3 Å². The molecule has 4 N–H and O–H groups in total. The average molecular weight is 811 g/mol. The maximum atomic E-state index is 12.8. The largest absolute Gasteiger partial charge is 0.457 e. The van der Waals surface area contributed by atoms with Crippen LogP contribution in [0.2, 0.25) is 0 Å².